The van der Waals surface area contributed by atoms with Crippen LogP contribution < -0.4 is 34.7 Å². The fourth-order valence-corrected chi connectivity index (χ4v) is 1.60. The molecule has 1 fully saturated rings. The molecular formula is C7H11NaO6S. The first-order valence-electron chi connectivity index (χ1n) is 4.09. The van der Waals surface area contributed by atoms with Crippen LogP contribution >= 0.6 is 0 Å². The van der Waals surface area contributed by atoms with Crippen molar-refractivity contribution in [3.63, 3.8) is 0 Å². The fraction of sp³-hybridized carbons (Fsp3) is 0.857. The van der Waals surface area contributed by atoms with Crippen LogP contribution in [0.1, 0.15) is 12.8 Å². The Hall–Kier alpha value is 0.340. The Kier molecular flexibility index (Phi) is 6.31. The summed E-state index contributed by atoms with van der Waals surface area (Å²) in [5.74, 6) is -1.27. The molecule has 0 unspecified atom stereocenters. The smallest absolute Gasteiger partial charge is 0.547 e. The Morgan fingerprint density at radius 3 is 2.53 bits per heavy atom. The van der Waals surface area contributed by atoms with E-state index in [-0.39, 0.29) is 36.2 Å². The molecule has 6 nitrogen and oxygen atoms in total. The molecule has 1 saturated heterocycles. The van der Waals surface area contributed by atoms with Crippen molar-refractivity contribution in [3.8, 4) is 0 Å². The van der Waals surface area contributed by atoms with Crippen molar-refractivity contribution in [1.82, 2.24) is 0 Å². The van der Waals surface area contributed by atoms with Gasteiger partial charge < -0.3 is 14.6 Å². The van der Waals surface area contributed by atoms with Crippen LogP contribution in [0.4, 0.5) is 0 Å². The van der Waals surface area contributed by atoms with Gasteiger partial charge in [0.05, 0.1) is 31.0 Å². The first-order valence-corrected chi connectivity index (χ1v) is 5.91. The Morgan fingerprint density at radius 1 is 1.53 bits per heavy atom. The van der Waals surface area contributed by atoms with Crippen molar-refractivity contribution in [2.24, 2.45) is 0 Å². The van der Waals surface area contributed by atoms with Crippen LogP contribution in [0, 0.1) is 0 Å². The van der Waals surface area contributed by atoms with E-state index in [9.17, 15) is 18.3 Å². The second kappa shape index (κ2) is 6.17. The summed E-state index contributed by atoms with van der Waals surface area (Å²) in [7, 11) is -3.49. The number of carbonyl (C=O) groups excluding carboxylic acids is 1. The molecule has 0 saturated carbocycles. The van der Waals surface area contributed by atoms with Crippen molar-refractivity contribution in [1.29, 1.82) is 0 Å². The second-order valence-corrected chi connectivity index (χ2v) is 4.78. The van der Waals surface area contributed by atoms with Crippen LogP contribution in [0.25, 0.3) is 0 Å². The van der Waals surface area contributed by atoms with E-state index in [1.807, 2.05) is 0 Å². The van der Waals surface area contributed by atoms with Crippen LogP contribution in [0.2, 0.25) is 0 Å². The maximum absolute atomic E-state index is 10.6. The quantitative estimate of drug-likeness (QED) is 0.365. The van der Waals surface area contributed by atoms with Gasteiger partial charge in [-0.2, -0.15) is 8.42 Å². The summed E-state index contributed by atoms with van der Waals surface area (Å²) >= 11 is 0. The summed E-state index contributed by atoms with van der Waals surface area (Å²) in [5, 5.41) is 10.4. The van der Waals surface area contributed by atoms with Crippen molar-refractivity contribution < 1.29 is 56.8 Å². The van der Waals surface area contributed by atoms with Gasteiger partial charge in [0.15, 0.2) is 0 Å². The molecule has 15 heavy (non-hydrogen) atoms. The molecular weight excluding hydrogens is 235 g/mol. The summed E-state index contributed by atoms with van der Waals surface area (Å²) in [6.45, 7) is -0.136. The third-order valence-corrected chi connectivity index (χ3v) is 2.40. The standard InChI is InChI=1S/C7H12O6S.Na/c1-14(10,11)12-4-5-2-3-6(13-5)7(8)9;/h5-6H,2-4H2,1H3,(H,8,9);/q;+1/p-1/t5-,6-;/m1./s1. The van der Waals surface area contributed by atoms with E-state index in [0.29, 0.717) is 12.8 Å². The van der Waals surface area contributed by atoms with E-state index in [4.69, 9.17) is 4.74 Å². The molecule has 0 bridgehead atoms. The minimum absolute atomic E-state index is 0. The van der Waals surface area contributed by atoms with Gasteiger partial charge in [0.25, 0.3) is 10.1 Å². The van der Waals surface area contributed by atoms with Gasteiger partial charge in [0, 0.05) is 0 Å². The van der Waals surface area contributed by atoms with Gasteiger partial charge in [-0.25, -0.2) is 0 Å². The summed E-state index contributed by atoms with van der Waals surface area (Å²) in [5.41, 5.74) is 0. The topological polar surface area (TPSA) is 92.7 Å². The fourth-order valence-electron chi connectivity index (χ4n) is 1.20. The zero-order chi connectivity index (χ0) is 10.8. The van der Waals surface area contributed by atoms with Gasteiger partial charge in [-0.15, -0.1) is 0 Å². The van der Waals surface area contributed by atoms with E-state index >= 15 is 0 Å². The average Bonchev–Trinajstić information content (AvgIpc) is 2.47. The minimum Gasteiger partial charge on any atom is -0.547 e. The molecule has 1 aliphatic heterocycles. The van der Waals surface area contributed by atoms with Gasteiger partial charge in [0.2, 0.25) is 0 Å². The number of aliphatic carboxylic acids is 1. The third kappa shape index (κ3) is 5.84. The molecule has 0 aromatic heterocycles. The predicted molar refractivity (Wildman–Crippen MR) is 43.7 cm³/mol. The molecule has 82 valence electrons. The number of carbonyl (C=O) groups is 1. The number of hydrogen-bond donors (Lipinski definition) is 0. The van der Waals surface area contributed by atoms with Crippen molar-refractivity contribution in [2.45, 2.75) is 25.0 Å². The van der Waals surface area contributed by atoms with Crippen molar-refractivity contribution in [3.05, 3.63) is 0 Å². The largest absolute Gasteiger partial charge is 1.00 e. The average molecular weight is 246 g/mol. The summed E-state index contributed by atoms with van der Waals surface area (Å²) in [6, 6.07) is 0. The number of ether oxygens (including phenoxy) is 1. The maximum atomic E-state index is 10.6. The normalized spacial score (nSPS) is 25.9. The number of rotatable bonds is 4. The SMILES string of the molecule is CS(=O)(=O)OC[C@H]1CC[C@H](C(=O)[O-])O1.[Na+]. The number of carboxylic acid groups (broad SMARTS) is 1. The molecule has 8 heteroatoms. The summed E-state index contributed by atoms with van der Waals surface area (Å²) in [6.07, 6.45) is 0.308. The van der Waals surface area contributed by atoms with E-state index < -0.39 is 28.3 Å². The maximum Gasteiger partial charge on any atom is 1.00 e. The zero-order valence-corrected chi connectivity index (χ0v) is 11.5. The minimum atomic E-state index is -3.49. The Morgan fingerprint density at radius 2 is 2.13 bits per heavy atom. The third-order valence-electron chi connectivity index (χ3n) is 1.84. The Labute approximate surface area is 110 Å². The molecule has 0 amide bonds. The van der Waals surface area contributed by atoms with Crippen LogP contribution in [-0.2, 0) is 23.8 Å². The molecule has 0 aliphatic carbocycles. The van der Waals surface area contributed by atoms with E-state index in [0.717, 1.165) is 6.26 Å². The van der Waals surface area contributed by atoms with Crippen LogP contribution in [0.3, 0.4) is 0 Å². The molecule has 0 aromatic carbocycles. The van der Waals surface area contributed by atoms with Crippen LogP contribution in [-0.4, -0.2) is 39.5 Å². The molecule has 1 heterocycles. The van der Waals surface area contributed by atoms with Gasteiger partial charge in [-0.1, -0.05) is 0 Å². The Balaban J connectivity index is 0.00000196. The van der Waals surface area contributed by atoms with E-state index in [1.165, 1.54) is 0 Å². The van der Waals surface area contributed by atoms with Crippen molar-refractivity contribution in [2.75, 3.05) is 12.9 Å². The summed E-state index contributed by atoms with van der Waals surface area (Å²) in [4.78, 5) is 10.4. The Bertz CT molecular complexity index is 313. The monoisotopic (exact) mass is 246 g/mol. The van der Waals surface area contributed by atoms with Crippen molar-refractivity contribution >= 4 is 16.1 Å². The second-order valence-electron chi connectivity index (χ2n) is 3.13. The molecule has 0 N–H and O–H groups in total. The van der Waals surface area contributed by atoms with Gasteiger partial charge in [0.1, 0.15) is 0 Å². The molecule has 1 aliphatic rings. The van der Waals surface area contributed by atoms with E-state index in [2.05, 4.69) is 4.18 Å². The first-order chi connectivity index (χ1) is 6.38. The molecule has 0 spiro atoms. The van der Waals surface area contributed by atoms with Gasteiger partial charge >= 0.3 is 29.6 Å². The molecule has 1 rings (SSSR count). The zero-order valence-electron chi connectivity index (χ0n) is 8.63. The van der Waals surface area contributed by atoms with Gasteiger partial charge in [-0.3, -0.25) is 4.18 Å². The van der Waals surface area contributed by atoms with Crippen LogP contribution in [0.15, 0.2) is 0 Å². The molecule has 0 aromatic rings. The predicted octanol–water partition coefficient (Wildman–Crippen LogP) is -4.74. The van der Waals surface area contributed by atoms with Gasteiger partial charge in [-0.05, 0) is 12.8 Å². The molecule has 2 atom stereocenters. The number of hydrogen-bond acceptors (Lipinski definition) is 6. The first kappa shape index (κ1) is 15.3. The van der Waals surface area contributed by atoms with Crippen LogP contribution in [0.5, 0.6) is 0 Å². The molecule has 0 radical (unpaired) electrons. The summed E-state index contributed by atoms with van der Waals surface area (Å²) < 4.78 is 30.6. The van der Waals surface area contributed by atoms with E-state index in [1.54, 1.807) is 0 Å². The number of carboxylic acids is 1.